The molecule has 2 N–H and O–H groups in total. The van der Waals surface area contributed by atoms with Crippen molar-refractivity contribution < 1.29 is 19.1 Å². The van der Waals surface area contributed by atoms with Crippen molar-refractivity contribution in [2.24, 2.45) is 5.92 Å². The van der Waals surface area contributed by atoms with E-state index in [1.54, 1.807) is 55.6 Å². The number of anilines is 2. The lowest BCUT2D eigenvalue weighted by atomic mass is 9.89. The van der Waals surface area contributed by atoms with E-state index >= 15 is 0 Å². The zero-order chi connectivity index (χ0) is 25.5. The number of aryl methyl sites for hydroxylation is 1. The van der Waals surface area contributed by atoms with Gasteiger partial charge in [-0.15, -0.1) is 0 Å². The Morgan fingerprint density at radius 2 is 1.64 bits per heavy atom. The average Bonchev–Trinajstić information content (AvgIpc) is 2.89. The van der Waals surface area contributed by atoms with E-state index in [0.29, 0.717) is 48.4 Å². The molecule has 0 atom stereocenters. The molecule has 36 heavy (non-hydrogen) atoms. The fourth-order valence-electron chi connectivity index (χ4n) is 4.45. The topological polar surface area (TPSA) is 87.7 Å². The number of hydrogen-bond acceptors (Lipinski definition) is 5. The SMILES string of the molecule is COc1ccc(C(=O)C2CCN(CC(=O)Nc3ccccc3C(=O)Nc3cccc(C)c3)CC2)cc1. The van der Waals surface area contributed by atoms with E-state index in [-0.39, 0.29) is 30.1 Å². The standard InChI is InChI=1S/C29H31N3O4/c1-20-6-5-7-23(18-20)30-29(35)25-8-3-4-9-26(25)31-27(33)19-32-16-14-22(15-17-32)28(34)21-10-12-24(36-2)13-11-21/h3-13,18,22H,14-17,19H2,1-2H3,(H,30,35)(H,31,33). The van der Waals surface area contributed by atoms with Crippen molar-refractivity contribution in [3.8, 4) is 5.75 Å². The van der Waals surface area contributed by atoms with Crippen LogP contribution in [0.25, 0.3) is 0 Å². The predicted molar refractivity (Wildman–Crippen MR) is 141 cm³/mol. The zero-order valence-electron chi connectivity index (χ0n) is 20.6. The lowest BCUT2D eigenvalue weighted by molar-refractivity contribution is -0.117. The molecule has 2 amide bonds. The van der Waals surface area contributed by atoms with Crippen LogP contribution in [0.2, 0.25) is 0 Å². The Balaban J connectivity index is 1.30. The normalized spacial score (nSPS) is 14.2. The molecular weight excluding hydrogens is 454 g/mol. The van der Waals surface area contributed by atoms with Crippen molar-refractivity contribution >= 4 is 29.0 Å². The predicted octanol–water partition coefficient (Wildman–Crippen LogP) is 4.79. The Kier molecular flexibility index (Phi) is 8.13. The number of carbonyl (C=O) groups is 3. The van der Waals surface area contributed by atoms with Crippen LogP contribution in [0.15, 0.2) is 72.8 Å². The number of rotatable bonds is 8. The third-order valence-electron chi connectivity index (χ3n) is 6.42. The minimum absolute atomic E-state index is 0.0521. The van der Waals surface area contributed by atoms with Gasteiger partial charge in [0.05, 0.1) is 24.9 Å². The molecule has 0 unspecified atom stereocenters. The maximum atomic E-state index is 12.9. The molecule has 0 aliphatic carbocycles. The van der Waals surface area contributed by atoms with Gasteiger partial charge >= 0.3 is 0 Å². The zero-order valence-corrected chi connectivity index (χ0v) is 20.6. The van der Waals surface area contributed by atoms with Gasteiger partial charge in [0.25, 0.3) is 5.91 Å². The Hall–Kier alpha value is -3.97. The summed E-state index contributed by atoms with van der Waals surface area (Å²) in [5.41, 5.74) is 3.30. The molecule has 0 saturated carbocycles. The molecule has 0 bridgehead atoms. The van der Waals surface area contributed by atoms with E-state index in [0.717, 1.165) is 11.3 Å². The number of piperidine rings is 1. The molecule has 0 aromatic heterocycles. The molecule has 1 fully saturated rings. The fourth-order valence-corrected chi connectivity index (χ4v) is 4.45. The first-order chi connectivity index (χ1) is 17.4. The number of amides is 2. The number of para-hydroxylation sites is 1. The fraction of sp³-hybridized carbons (Fsp3) is 0.276. The molecule has 7 nitrogen and oxygen atoms in total. The molecule has 3 aromatic rings. The molecule has 7 heteroatoms. The highest BCUT2D eigenvalue weighted by Crippen LogP contribution is 2.24. The highest BCUT2D eigenvalue weighted by atomic mass is 16.5. The van der Waals surface area contributed by atoms with Crippen molar-refractivity contribution in [3.63, 3.8) is 0 Å². The van der Waals surface area contributed by atoms with Gasteiger partial charge in [0.2, 0.25) is 5.91 Å². The summed E-state index contributed by atoms with van der Waals surface area (Å²) in [7, 11) is 1.60. The Bertz CT molecular complexity index is 1230. The summed E-state index contributed by atoms with van der Waals surface area (Å²) in [6, 6.07) is 21.7. The number of nitrogens with one attached hydrogen (secondary N) is 2. The Morgan fingerprint density at radius 1 is 0.917 bits per heavy atom. The summed E-state index contributed by atoms with van der Waals surface area (Å²) in [4.78, 5) is 40.5. The van der Waals surface area contributed by atoms with E-state index in [1.165, 1.54) is 0 Å². The summed E-state index contributed by atoms with van der Waals surface area (Å²) in [5.74, 6) is 0.334. The number of Topliss-reactive ketones (excluding diaryl/α,β-unsaturated/α-hetero) is 1. The number of methoxy groups -OCH3 is 1. The molecule has 0 spiro atoms. The molecule has 1 saturated heterocycles. The van der Waals surface area contributed by atoms with Crippen LogP contribution in [0.4, 0.5) is 11.4 Å². The largest absolute Gasteiger partial charge is 0.497 e. The van der Waals surface area contributed by atoms with E-state index in [2.05, 4.69) is 10.6 Å². The van der Waals surface area contributed by atoms with Crippen molar-refractivity contribution in [1.82, 2.24) is 4.90 Å². The molecule has 186 valence electrons. The van der Waals surface area contributed by atoms with Gasteiger partial charge in [-0.3, -0.25) is 19.3 Å². The van der Waals surface area contributed by atoms with E-state index in [1.807, 2.05) is 36.1 Å². The van der Waals surface area contributed by atoms with Gasteiger partial charge in [0.15, 0.2) is 5.78 Å². The number of likely N-dealkylation sites (tertiary alicyclic amines) is 1. The van der Waals surface area contributed by atoms with Crippen molar-refractivity contribution in [3.05, 3.63) is 89.5 Å². The van der Waals surface area contributed by atoms with Gasteiger partial charge in [-0.1, -0.05) is 24.3 Å². The monoisotopic (exact) mass is 485 g/mol. The molecule has 1 aliphatic heterocycles. The second-order valence-electron chi connectivity index (χ2n) is 9.06. The van der Waals surface area contributed by atoms with Crippen LogP contribution in [-0.4, -0.2) is 49.2 Å². The van der Waals surface area contributed by atoms with Gasteiger partial charge in [-0.2, -0.15) is 0 Å². The summed E-state index contributed by atoms with van der Waals surface area (Å²) < 4.78 is 5.16. The number of carbonyl (C=O) groups excluding carboxylic acids is 3. The van der Waals surface area contributed by atoms with Crippen LogP contribution in [0.1, 0.15) is 39.1 Å². The van der Waals surface area contributed by atoms with Gasteiger partial charge in [0, 0.05) is 17.2 Å². The van der Waals surface area contributed by atoms with Crippen LogP contribution in [0.5, 0.6) is 5.75 Å². The smallest absolute Gasteiger partial charge is 0.257 e. The maximum absolute atomic E-state index is 12.9. The second kappa shape index (κ2) is 11.6. The van der Waals surface area contributed by atoms with Gasteiger partial charge in [0.1, 0.15) is 5.75 Å². The third-order valence-corrected chi connectivity index (χ3v) is 6.42. The van der Waals surface area contributed by atoms with Gasteiger partial charge in [-0.25, -0.2) is 0 Å². The first kappa shape index (κ1) is 25.1. The average molecular weight is 486 g/mol. The lowest BCUT2D eigenvalue weighted by Crippen LogP contribution is -2.40. The number of benzene rings is 3. The first-order valence-electron chi connectivity index (χ1n) is 12.1. The van der Waals surface area contributed by atoms with Gasteiger partial charge < -0.3 is 15.4 Å². The van der Waals surface area contributed by atoms with E-state index in [9.17, 15) is 14.4 Å². The number of hydrogen-bond donors (Lipinski definition) is 2. The van der Waals surface area contributed by atoms with Crippen LogP contribution in [0.3, 0.4) is 0 Å². The van der Waals surface area contributed by atoms with Crippen LogP contribution in [0, 0.1) is 12.8 Å². The summed E-state index contributed by atoms with van der Waals surface area (Å²) >= 11 is 0. The Labute approximate surface area is 211 Å². The van der Waals surface area contributed by atoms with E-state index in [4.69, 9.17) is 4.74 Å². The molecule has 3 aromatic carbocycles. The molecule has 1 heterocycles. The quantitative estimate of drug-likeness (QED) is 0.448. The van der Waals surface area contributed by atoms with Gasteiger partial charge in [-0.05, 0) is 86.9 Å². The lowest BCUT2D eigenvalue weighted by Gasteiger charge is -2.30. The highest BCUT2D eigenvalue weighted by molar-refractivity contribution is 6.10. The third kappa shape index (κ3) is 6.37. The number of nitrogens with zero attached hydrogens (tertiary/aromatic N) is 1. The Morgan fingerprint density at radius 3 is 2.33 bits per heavy atom. The van der Waals surface area contributed by atoms with Crippen molar-refractivity contribution in [1.29, 1.82) is 0 Å². The summed E-state index contributed by atoms with van der Waals surface area (Å²) in [6.45, 7) is 3.49. The van der Waals surface area contributed by atoms with Crippen molar-refractivity contribution in [2.75, 3.05) is 37.4 Å². The van der Waals surface area contributed by atoms with Crippen LogP contribution in [-0.2, 0) is 4.79 Å². The van der Waals surface area contributed by atoms with Crippen molar-refractivity contribution in [2.45, 2.75) is 19.8 Å². The number of ketones is 1. The minimum Gasteiger partial charge on any atom is -0.497 e. The van der Waals surface area contributed by atoms with Crippen LogP contribution < -0.4 is 15.4 Å². The summed E-state index contributed by atoms with van der Waals surface area (Å²) in [6.07, 6.45) is 1.40. The molecule has 0 radical (unpaired) electrons. The minimum atomic E-state index is -0.283. The first-order valence-corrected chi connectivity index (χ1v) is 12.1. The maximum Gasteiger partial charge on any atom is 0.257 e. The molecule has 1 aliphatic rings. The molecule has 4 rings (SSSR count). The number of ether oxygens (including phenoxy) is 1. The molecular formula is C29H31N3O4. The van der Waals surface area contributed by atoms with E-state index < -0.39 is 0 Å². The highest BCUT2D eigenvalue weighted by Gasteiger charge is 2.27. The summed E-state index contributed by atoms with van der Waals surface area (Å²) in [5, 5.41) is 5.78. The van der Waals surface area contributed by atoms with Crippen LogP contribution >= 0.6 is 0 Å². The second-order valence-corrected chi connectivity index (χ2v) is 9.06.